The Hall–Kier alpha value is -2.82. The molecule has 2 amide bonds. The topological polar surface area (TPSA) is 67.4 Å². The van der Waals surface area contributed by atoms with Crippen LogP contribution in [0.3, 0.4) is 0 Å². The van der Waals surface area contributed by atoms with E-state index in [1.165, 1.54) is 6.42 Å². The number of anilines is 2. The van der Waals surface area contributed by atoms with Crippen LogP contribution in [0.4, 0.5) is 11.4 Å². The zero-order valence-corrected chi connectivity index (χ0v) is 15.0. The van der Waals surface area contributed by atoms with E-state index in [4.69, 9.17) is 4.74 Å². The molecule has 1 fully saturated rings. The van der Waals surface area contributed by atoms with Crippen molar-refractivity contribution in [3.05, 3.63) is 54.1 Å². The van der Waals surface area contributed by atoms with Crippen molar-refractivity contribution in [2.45, 2.75) is 32.1 Å². The van der Waals surface area contributed by atoms with Gasteiger partial charge in [-0.2, -0.15) is 0 Å². The molecule has 5 heteroatoms. The van der Waals surface area contributed by atoms with E-state index >= 15 is 0 Å². The molecule has 0 aromatic heterocycles. The van der Waals surface area contributed by atoms with Crippen molar-refractivity contribution < 1.29 is 14.3 Å². The molecule has 0 spiro atoms. The summed E-state index contributed by atoms with van der Waals surface area (Å²) < 4.78 is 5.11. The van der Waals surface area contributed by atoms with Crippen molar-refractivity contribution in [1.82, 2.24) is 0 Å². The maximum atomic E-state index is 12.5. The summed E-state index contributed by atoms with van der Waals surface area (Å²) >= 11 is 0. The van der Waals surface area contributed by atoms with E-state index in [1.807, 2.05) is 6.07 Å². The Morgan fingerprint density at radius 2 is 1.65 bits per heavy atom. The number of carbonyl (C=O) groups excluding carboxylic acids is 2. The van der Waals surface area contributed by atoms with Gasteiger partial charge in [-0.3, -0.25) is 9.59 Å². The van der Waals surface area contributed by atoms with Crippen molar-refractivity contribution in [1.29, 1.82) is 0 Å². The second-order valence-corrected chi connectivity index (χ2v) is 6.59. The van der Waals surface area contributed by atoms with Crippen LogP contribution in [0.5, 0.6) is 5.75 Å². The first-order valence-electron chi connectivity index (χ1n) is 9.02. The maximum absolute atomic E-state index is 12.5. The van der Waals surface area contributed by atoms with Crippen LogP contribution >= 0.6 is 0 Å². The zero-order valence-electron chi connectivity index (χ0n) is 15.0. The standard InChI is InChI=1S/C21H24N2O3/c1-26-19-12-10-17(11-13-19)22-21(25)16-8-5-9-18(14-16)23-20(24)15-6-3-2-4-7-15/h5,8-15H,2-4,6-7H2,1H3,(H,22,25)(H,23,24). The average Bonchev–Trinajstić information content (AvgIpc) is 2.69. The van der Waals surface area contributed by atoms with E-state index in [0.717, 1.165) is 31.4 Å². The summed E-state index contributed by atoms with van der Waals surface area (Å²) in [6.45, 7) is 0. The summed E-state index contributed by atoms with van der Waals surface area (Å²) in [5.74, 6) is 0.650. The summed E-state index contributed by atoms with van der Waals surface area (Å²) in [5, 5.41) is 5.80. The van der Waals surface area contributed by atoms with Crippen molar-refractivity contribution in [2.75, 3.05) is 17.7 Å². The molecule has 2 aromatic rings. The normalized spacial score (nSPS) is 14.5. The summed E-state index contributed by atoms with van der Waals surface area (Å²) in [7, 11) is 1.60. The molecule has 1 saturated carbocycles. The van der Waals surface area contributed by atoms with Gasteiger partial charge in [0.1, 0.15) is 5.75 Å². The monoisotopic (exact) mass is 352 g/mol. The van der Waals surface area contributed by atoms with Crippen LogP contribution in [-0.2, 0) is 4.79 Å². The van der Waals surface area contributed by atoms with Crippen LogP contribution in [0.15, 0.2) is 48.5 Å². The van der Waals surface area contributed by atoms with Gasteiger partial charge in [-0.1, -0.05) is 25.3 Å². The highest BCUT2D eigenvalue weighted by Crippen LogP contribution is 2.25. The zero-order chi connectivity index (χ0) is 18.4. The lowest BCUT2D eigenvalue weighted by Crippen LogP contribution is -2.24. The van der Waals surface area contributed by atoms with Crippen molar-refractivity contribution in [3.63, 3.8) is 0 Å². The van der Waals surface area contributed by atoms with Gasteiger partial charge in [0.05, 0.1) is 7.11 Å². The highest BCUT2D eigenvalue weighted by molar-refractivity contribution is 6.05. The minimum Gasteiger partial charge on any atom is -0.497 e. The van der Waals surface area contributed by atoms with Crippen LogP contribution < -0.4 is 15.4 Å². The fraction of sp³-hybridized carbons (Fsp3) is 0.333. The number of rotatable bonds is 5. The number of hydrogen-bond acceptors (Lipinski definition) is 3. The Balaban J connectivity index is 1.63. The smallest absolute Gasteiger partial charge is 0.255 e. The summed E-state index contributed by atoms with van der Waals surface area (Å²) in [4.78, 5) is 24.8. The van der Waals surface area contributed by atoms with Gasteiger partial charge in [0, 0.05) is 22.9 Å². The number of benzene rings is 2. The molecule has 26 heavy (non-hydrogen) atoms. The van der Waals surface area contributed by atoms with Crippen molar-refractivity contribution in [3.8, 4) is 5.75 Å². The Morgan fingerprint density at radius 3 is 2.35 bits per heavy atom. The number of nitrogens with one attached hydrogen (secondary N) is 2. The molecule has 0 saturated heterocycles. The number of hydrogen-bond donors (Lipinski definition) is 2. The molecule has 2 N–H and O–H groups in total. The molecule has 0 bridgehead atoms. The van der Waals surface area contributed by atoms with E-state index in [9.17, 15) is 9.59 Å². The lowest BCUT2D eigenvalue weighted by molar-refractivity contribution is -0.120. The minimum absolute atomic E-state index is 0.0532. The first kappa shape index (κ1) is 18.0. The molecule has 0 heterocycles. The van der Waals surface area contributed by atoms with Gasteiger partial charge in [-0.25, -0.2) is 0 Å². The molecule has 136 valence electrons. The van der Waals surface area contributed by atoms with Crippen LogP contribution in [0.1, 0.15) is 42.5 Å². The van der Waals surface area contributed by atoms with Crippen LogP contribution in [0.2, 0.25) is 0 Å². The largest absolute Gasteiger partial charge is 0.497 e. The Bertz CT molecular complexity index is 765. The lowest BCUT2D eigenvalue weighted by Gasteiger charge is -2.20. The van der Waals surface area contributed by atoms with E-state index < -0.39 is 0 Å². The SMILES string of the molecule is COc1ccc(NC(=O)c2cccc(NC(=O)C3CCCCC3)c2)cc1. The molecule has 0 unspecified atom stereocenters. The number of ether oxygens (including phenoxy) is 1. The number of carbonyl (C=O) groups is 2. The molecule has 0 radical (unpaired) electrons. The fourth-order valence-corrected chi connectivity index (χ4v) is 3.22. The van der Waals surface area contributed by atoms with Gasteiger partial charge in [0.2, 0.25) is 5.91 Å². The van der Waals surface area contributed by atoms with Gasteiger partial charge in [0.15, 0.2) is 0 Å². The Labute approximate surface area is 153 Å². The van der Waals surface area contributed by atoms with E-state index in [0.29, 0.717) is 16.9 Å². The predicted molar refractivity (Wildman–Crippen MR) is 103 cm³/mol. The maximum Gasteiger partial charge on any atom is 0.255 e. The van der Waals surface area contributed by atoms with Gasteiger partial charge < -0.3 is 15.4 Å². The molecule has 0 aliphatic heterocycles. The van der Waals surface area contributed by atoms with Gasteiger partial charge in [0.25, 0.3) is 5.91 Å². The van der Waals surface area contributed by atoms with Crippen LogP contribution in [-0.4, -0.2) is 18.9 Å². The Morgan fingerprint density at radius 1 is 0.923 bits per heavy atom. The fourth-order valence-electron chi connectivity index (χ4n) is 3.22. The van der Waals surface area contributed by atoms with Gasteiger partial charge in [-0.15, -0.1) is 0 Å². The first-order chi connectivity index (χ1) is 12.7. The summed E-state index contributed by atoms with van der Waals surface area (Å²) in [5.41, 5.74) is 1.85. The summed E-state index contributed by atoms with van der Waals surface area (Å²) in [6.07, 6.45) is 5.34. The van der Waals surface area contributed by atoms with Crippen LogP contribution in [0.25, 0.3) is 0 Å². The second-order valence-electron chi connectivity index (χ2n) is 6.59. The quantitative estimate of drug-likeness (QED) is 0.834. The third-order valence-electron chi connectivity index (χ3n) is 4.72. The molecule has 0 atom stereocenters. The molecule has 1 aliphatic carbocycles. The summed E-state index contributed by atoms with van der Waals surface area (Å²) in [6, 6.07) is 14.2. The highest BCUT2D eigenvalue weighted by atomic mass is 16.5. The molecule has 5 nitrogen and oxygen atoms in total. The molecule has 2 aromatic carbocycles. The molecular weight excluding hydrogens is 328 g/mol. The first-order valence-corrected chi connectivity index (χ1v) is 9.02. The molecule has 3 rings (SSSR count). The van der Waals surface area contributed by atoms with E-state index in [2.05, 4.69) is 10.6 Å². The van der Waals surface area contributed by atoms with E-state index in [-0.39, 0.29) is 17.7 Å². The highest BCUT2D eigenvalue weighted by Gasteiger charge is 2.21. The minimum atomic E-state index is -0.219. The van der Waals surface area contributed by atoms with Crippen molar-refractivity contribution >= 4 is 23.2 Å². The van der Waals surface area contributed by atoms with Gasteiger partial charge in [-0.05, 0) is 55.3 Å². The van der Waals surface area contributed by atoms with Crippen LogP contribution in [0, 0.1) is 5.92 Å². The molecular formula is C21H24N2O3. The third kappa shape index (κ3) is 4.63. The Kier molecular flexibility index (Phi) is 5.89. The molecule has 1 aliphatic rings. The number of amides is 2. The van der Waals surface area contributed by atoms with Crippen molar-refractivity contribution in [2.24, 2.45) is 5.92 Å². The predicted octanol–water partition coefficient (Wildman–Crippen LogP) is 4.47. The van der Waals surface area contributed by atoms with Gasteiger partial charge >= 0.3 is 0 Å². The lowest BCUT2D eigenvalue weighted by atomic mass is 9.88. The second kappa shape index (κ2) is 8.52. The van der Waals surface area contributed by atoms with E-state index in [1.54, 1.807) is 49.6 Å². The average molecular weight is 352 g/mol. The third-order valence-corrected chi connectivity index (χ3v) is 4.72. The number of methoxy groups -OCH3 is 1.